The second kappa shape index (κ2) is 6.80. The standard InChI is InChI=1S/C18H16F2N4O/c1-12-21-17(22-24(12)16-9-7-15(20)8-10-16)18(25)23(2)11-13-3-5-14(19)6-4-13/h3-10H,11H2,1-2H3. The highest BCUT2D eigenvalue weighted by Crippen LogP contribution is 2.12. The van der Waals surface area contributed by atoms with Gasteiger partial charge in [0.05, 0.1) is 5.69 Å². The number of carbonyl (C=O) groups excluding carboxylic acids is 1. The quantitative estimate of drug-likeness (QED) is 0.732. The van der Waals surface area contributed by atoms with Gasteiger partial charge >= 0.3 is 0 Å². The molecular weight excluding hydrogens is 326 g/mol. The average molecular weight is 342 g/mol. The summed E-state index contributed by atoms with van der Waals surface area (Å²) < 4.78 is 27.5. The van der Waals surface area contributed by atoms with Crippen LogP contribution in [-0.4, -0.2) is 32.6 Å². The molecule has 0 unspecified atom stereocenters. The molecule has 0 fully saturated rings. The molecule has 2 aromatic carbocycles. The number of aromatic nitrogens is 3. The van der Waals surface area contributed by atoms with Gasteiger partial charge in [-0.25, -0.2) is 18.4 Å². The zero-order chi connectivity index (χ0) is 18.0. The average Bonchev–Trinajstić information content (AvgIpc) is 2.98. The lowest BCUT2D eigenvalue weighted by Gasteiger charge is -2.15. The Morgan fingerprint density at radius 1 is 1.04 bits per heavy atom. The molecule has 128 valence electrons. The summed E-state index contributed by atoms with van der Waals surface area (Å²) in [5.41, 5.74) is 1.42. The Bertz CT molecular complexity index is 888. The summed E-state index contributed by atoms with van der Waals surface area (Å²) in [5, 5.41) is 4.22. The van der Waals surface area contributed by atoms with E-state index in [1.54, 1.807) is 38.2 Å². The van der Waals surface area contributed by atoms with Crippen molar-refractivity contribution in [3.63, 3.8) is 0 Å². The first kappa shape index (κ1) is 16.8. The van der Waals surface area contributed by atoms with E-state index in [1.165, 1.54) is 33.8 Å². The van der Waals surface area contributed by atoms with Gasteiger partial charge in [-0.2, -0.15) is 0 Å². The van der Waals surface area contributed by atoms with Gasteiger partial charge in [0.1, 0.15) is 17.5 Å². The van der Waals surface area contributed by atoms with Crippen LogP contribution in [-0.2, 0) is 6.54 Å². The maximum atomic E-state index is 13.0. The van der Waals surface area contributed by atoms with Crippen molar-refractivity contribution in [2.45, 2.75) is 13.5 Å². The highest BCUT2D eigenvalue weighted by atomic mass is 19.1. The van der Waals surface area contributed by atoms with E-state index in [4.69, 9.17) is 0 Å². The molecule has 1 heterocycles. The van der Waals surface area contributed by atoms with Crippen molar-refractivity contribution in [1.82, 2.24) is 19.7 Å². The van der Waals surface area contributed by atoms with Crippen LogP contribution in [0.4, 0.5) is 8.78 Å². The van der Waals surface area contributed by atoms with Crippen LogP contribution in [0.1, 0.15) is 22.0 Å². The Morgan fingerprint density at radius 2 is 1.60 bits per heavy atom. The largest absolute Gasteiger partial charge is 0.335 e. The van der Waals surface area contributed by atoms with Crippen LogP contribution in [0.3, 0.4) is 0 Å². The van der Waals surface area contributed by atoms with E-state index in [0.29, 0.717) is 18.1 Å². The number of hydrogen-bond acceptors (Lipinski definition) is 3. The van der Waals surface area contributed by atoms with Crippen LogP contribution in [0, 0.1) is 18.6 Å². The van der Waals surface area contributed by atoms with Gasteiger partial charge in [-0.15, -0.1) is 5.10 Å². The van der Waals surface area contributed by atoms with Crippen LogP contribution in [0.5, 0.6) is 0 Å². The Balaban J connectivity index is 1.79. The lowest BCUT2D eigenvalue weighted by molar-refractivity contribution is 0.0773. The first-order valence-corrected chi connectivity index (χ1v) is 7.63. The molecule has 1 amide bonds. The minimum absolute atomic E-state index is 0.0476. The van der Waals surface area contributed by atoms with Gasteiger partial charge in [0.2, 0.25) is 5.82 Å². The summed E-state index contributed by atoms with van der Waals surface area (Å²) in [6.45, 7) is 2.02. The Hall–Kier alpha value is -3.09. The minimum atomic E-state index is -0.353. The van der Waals surface area contributed by atoms with Gasteiger partial charge in [-0.1, -0.05) is 12.1 Å². The summed E-state index contributed by atoms with van der Waals surface area (Å²) in [4.78, 5) is 18.2. The maximum Gasteiger partial charge on any atom is 0.293 e. The summed E-state index contributed by atoms with van der Waals surface area (Å²) in [5.74, 6) is -0.463. The predicted molar refractivity (Wildman–Crippen MR) is 88.3 cm³/mol. The highest BCUT2D eigenvalue weighted by molar-refractivity contribution is 5.90. The van der Waals surface area contributed by atoms with Gasteiger partial charge < -0.3 is 4.90 Å². The molecule has 0 radical (unpaired) electrons. The fourth-order valence-electron chi connectivity index (χ4n) is 2.41. The predicted octanol–water partition coefficient (Wildman–Crippen LogP) is 3.13. The van der Waals surface area contributed by atoms with Gasteiger partial charge in [0, 0.05) is 13.6 Å². The van der Waals surface area contributed by atoms with Crippen molar-refractivity contribution in [2.24, 2.45) is 0 Å². The SMILES string of the molecule is Cc1nc(C(=O)N(C)Cc2ccc(F)cc2)nn1-c1ccc(F)cc1. The number of nitrogens with zero attached hydrogens (tertiary/aromatic N) is 4. The first-order chi connectivity index (χ1) is 11.9. The summed E-state index contributed by atoms with van der Waals surface area (Å²) >= 11 is 0. The molecule has 3 aromatic rings. The van der Waals surface area contributed by atoms with Crippen LogP contribution in [0.2, 0.25) is 0 Å². The summed E-state index contributed by atoms with van der Waals surface area (Å²) in [6.07, 6.45) is 0. The molecule has 25 heavy (non-hydrogen) atoms. The van der Waals surface area contributed by atoms with Crippen molar-refractivity contribution < 1.29 is 13.6 Å². The monoisotopic (exact) mass is 342 g/mol. The van der Waals surface area contributed by atoms with Crippen LogP contribution in [0.15, 0.2) is 48.5 Å². The minimum Gasteiger partial charge on any atom is -0.335 e. The van der Waals surface area contributed by atoms with Crippen LogP contribution >= 0.6 is 0 Å². The second-order valence-electron chi connectivity index (χ2n) is 5.66. The van der Waals surface area contributed by atoms with Crippen molar-refractivity contribution in [3.8, 4) is 5.69 Å². The number of benzene rings is 2. The number of amides is 1. The normalized spacial score (nSPS) is 10.7. The van der Waals surface area contributed by atoms with E-state index < -0.39 is 0 Å². The van der Waals surface area contributed by atoms with Crippen molar-refractivity contribution in [3.05, 3.63) is 77.4 Å². The fourth-order valence-corrected chi connectivity index (χ4v) is 2.41. The van der Waals surface area contributed by atoms with Gasteiger partial charge in [0.25, 0.3) is 5.91 Å². The molecule has 0 saturated carbocycles. The number of rotatable bonds is 4. The second-order valence-corrected chi connectivity index (χ2v) is 5.66. The van der Waals surface area contributed by atoms with E-state index >= 15 is 0 Å². The number of carbonyl (C=O) groups is 1. The first-order valence-electron chi connectivity index (χ1n) is 7.63. The molecule has 0 N–H and O–H groups in total. The molecular formula is C18H16F2N4O. The van der Waals surface area contributed by atoms with Crippen LogP contribution < -0.4 is 0 Å². The molecule has 0 spiro atoms. The Kier molecular flexibility index (Phi) is 4.56. The molecule has 7 heteroatoms. The van der Waals surface area contributed by atoms with Crippen molar-refractivity contribution in [2.75, 3.05) is 7.05 Å². The molecule has 0 aliphatic heterocycles. The third-order valence-electron chi connectivity index (χ3n) is 3.71. The highest BCUT2D eigenvalue weighted by Gasteiger charge is 2.19. The molecule has 5 nitrogen and oxygen atoms in total. The van der Waals surface area contributed by atoms with E-state index in [9.17, 15) is 13.6 Å². The lowest BCUT2D eigenvalue weighted by Crippen LogP contribution is -2.27. The van der Waals surface area contributed by atoms with Gasteiger partial charge in [-0.05, 0) is 48.9 Å². The number of aryl methyl sites for hydroxylation is 1. The van der Waals surface area contributed by atoms with Gasteiger partial charge in [-0.3, -0.25) is 4.79 Å². The molecule has 0 bridgehead atoms. The van der Waals surface area contributed by atoms with Crippen molar-refractivity contribution in [1.29, 1.82) is 0 Å². The zero-order valence-corrected chi connectivity index (χ0v) is 13.8. The smallest absolute Gasteiger partial charge is 0.293 e. The molecule has 0 aliphatic rings. The molecule has 0 aliphatic carbocycles. The van der Waals surface area contributed by atoms with Crippen LogP contribution in [0.25, 0.3) is 5.69 Å². The number of hydrogen-bond donors (Lipinski definition) is 0. The third kappa shape index (κ3) is 3.71. The Labute approximate surface area is 143 Å². The Morgan fingerprint density at radius 3 is 2.20 bits per heavy atom. The summed E-state index contributed by atoms with van der Waals surface area (Å²) in [7, 11) is 1.62. The van der Waals surface area contributed by atoms with E-state index in [2.05, 4.69) is 10.1 Å². The molecule has 1 aromatic heterocycles. The number of halogens is 2. The summed E-state index contributed by atoms with van der Waals surface area (Å²) in [6, 6.07) is 11.7. The topological polar surface area (TPSA) is 51.0 Å². The van der Waals surface area contributed by atoms with Crippen molar-refractivity contribution >= 4 is 5.91 Å². The van der Waals surface area contributed by atoms with Gasteiger partial charge in [0.15, 0.2) is 0 Å². The maximum absolute atomic E-state index is 13.0. The molecule has 0 atom stereocenters. The zero-order valence-electron chi connectivity index (χ0n) is 13.8. The van der Waals surface area contributed by atoms with E-state index in [0.717, 1.165) is 5.56 Å². The third-order valence-corrected chi connectivity index (χ3v) is 3.71. The van der Waals surface area contributed by atoms with E-state index in [1.807, 2.05) is 0 Å². The lowest BCUT2D eigenvalue weighted by atomic mass is 10.2. The molecule has 0 saturated heterocycles. The fraction of sp³-hybridized carbons (Fsp3) is 0.167. The molecule has 3 rings (SSSR count). The van der Waals surface area contributed by atoms with E-state index in [-0.39, 0.29) is 23.4 Å².